The van der Waals surface area contributed by atoms with Crippen LogP contribution in [0.15, 0.2) is 24.3 Å². The molecule has 0 atom stereocenters. The number of nitrogens with one attached hydrogen (secondary N) is 1. The van der Waals surface area contributed by atoms with Gasteiger partial charge in [0.05, 0.1) is 11.0 Å². The molecule has 0 unspecified atom stereocenters. The van der Waals surface area contributed by atoms with Gasteiger partial charge in [0.1, 0.15) is 5.54 Å². The third kappa shape index (κ3) is 2.71. The molecule has 0 aliphatic heterocycles. The van der Waals surface area contributed by atoms with Gasteiger partial charge in [-0.05, 0) is 31.7 Å². The second-order valence-electron chi connectivity index (χ2n) is 4.66. The number of nitro groups is 1. The summed E-state index contributed by atoms with van der Waals surface area (Å²) in [6.07, 6.45) is 3.07. The zero-order chi connectivity index (χ0) is 13.9. The molecule has 1 aromatic rings. The van der Waals surface area contributed by atoms with Crippen LogP contribution < -0.4 is 5.32 Å². The number of rotatable bonds is 3. The second kappa shape index (κ2) is 5.06. The topological polar surface area (TPSA) is 96.0 Å². The molecule has 1 saturated carbocycles. The van der Waals surface area contributed by atoms with Gasteiger partial charge in [-0.25, -0.2) is 0 Å². The van der Waals surface area contributed by atoms with E-state index in [0.29, 0.717) is 12.8 Å². The van der Waals surface area contributed by atoms with Crippen molar-refractivity contribution < 1.29 is 9.72 Å². The summed E-state index contributed by atoms with van der Waals surface area (Å²) in [6, 6.07) is 7.65. The first kappa shape index (κ1) is 13.0. The molecule has 0 radical (unpaired) electrons. The van der Waals surface area contributed by atoms with Crippen molar-refractivity contribution in [1.29, 1.82) is 5.26 Å². The van der Waals surface area contributed by atoms with Crippen molar-refractivity contribution in [3.63, 3.8) is 0 Å². The average Bonchev–Trinajstić information content (AvgIpc) is 2.88. The first-order valence-electron chi connectivity index (χ1n) is 6.04. The number of carbonyl (C=O) groups is 1. The number of hydrogen-bond acceptors (Lipinski definition) is 4. The lowest BCUT2D eigenvalue weighted by Crippen LogP contribution is -2.45. The zero-order valence-corrected chi connectivity index (χ0v) is 10.3. The fourth-order valence-corrected chi connectivity index (χ4v) is 2.29. The Kier molecular flexibility index (Phi) is 3.47. The van der Waals surface area contributed by atoms with Gasteiger partial charge in [0, 0.05) is 17.7 Å². The monoisotopic (exact) mass is 259 g/mol. The highest BCUT2D eigenvalue weighted by Crippen LogP contribution is 2.29. The fraction of sp³-hybridized carbons (Fsp3) is 0.385. The number of hydrogen-bond donors (Lipinski definition) is 1. The van der Waals surface area contributed by atoms with Crippen LogP contribution in [0.4, 0.5) is 5.69 Å². The third-order valence-electron chi connectivity index (χ3n) is 3.34. The normalized spacial score (nSPS) is 16.6. The number of amides is 1. The Morgan fingerprint density at radius 1 is 1.42 bits per heavy atom. The van der Waals surface area contributed by atoms with E-state index in [0.717, 1.165) is 12.8 Å². The molecule has 0 heterocycles. The van der Waals surface area contributed by atoms with Crippen molar-refractivity contribution in [2.24, 2.45) is 0 Å². The molecule has 1 fully saturated rings. The van der Waals surface area contributed by atoms with Crippen molar-refractivity contribution in [3.8, 4) is 6.07 Å². The molecular weight excluding hydrogens is 246 g/mol. The van der Waals surface area contributed by atoms with Crippen LogP contribution in [0.2, 0.25) is 0 Å². The first-order chi connectivity index (χ1) is 9.06. The Hall–Kier alpha value is -2.42. The van der Waals surface area contributed by atoms with Crippen LogP contribution in [0, 0.1) is 21.4 Å². The molecule has 1 aliphatic carbocycles. The van der Waals surface area contributed by atoms with E-state index in [1.165, 1.54) is 24.3 Å². The quantitative estimate of drug-likeness (QED) is 0.664. The summed E-state index contributed by atoms with van der Waals surface area (Å²) in [7, 11) is 0. The fourth-order valence-electron chi connectivity index (χ4n) is 2.29. The van der Waals surface area contributed by atoms with Gasteiger partial charge in [-0.15, -0.1) is 0 Å². The van der Waals surface area contributed by atoms with Crippen LogP contribution >= 0.6 is 0 Å². The van der Waals surface area contributed by atoms with Crippen molar-refractivity contribution in [1.82, 2.24) is 5.32 Å². The Morgan fingerprint density at radius 2 is 2.11 bits per heavy atom. The van der Waals surface area contributed by atoms with Crippen molar-refractivity contribution in [3.05, 3.63) is 39.9 Å². The minimum Gasteiger partial charge on any atom is -0.334 e. The third-order valence-corrected chi connectivity index (χ3v) is 3.34. The van der Waals surface area contributed by atoms with Crippen molar-refractivity contribution in [2.45, 2.75) is 31.2 Å². The largest absolute Gasteiger partial charge is 0.334 e. The van der Waals surface area contributed by atoms with E-state index in [1.807, 2.05) is 0 Å². The lowest BCUT2D eigenvalue weighted by atomic mass is 9.99. The summed E-state index contributed by atoms with van der Waals surface area (Å²) in [4.78, 5) is 22.2. The number of nitro benzene ring substituents is 1. The Balaban J connectivity index is 2.18. The Labute approximate surface area is 110 Å². The van der Waals surface area contributed by atoms with Gasteiger partial charge < -0.3 is 5.32 Å². The molecule has 2 rings (SSSR count). The predicted molar refractivity (Wildman–Crippen MR) is 67.4 cm³/mol. The highest BCUT2D eigenvalue weighted by atomic mass is 16.6. The minimum absolute atomic E-state index is 0.134. The minimum atomic E-state index is -0.818. The van der Waals surface area contributed by atoms with Crippen LogP contribution in [0.25, 0.3) is 0 Å². The lowest BCUT2D eigenvalue weighted by Gasteiger charge is -2.21. The molecule has 0 saturated heterocycles. The van der Waals surface area contributed by atoms with Gasteiger partial charge in [-0.3, -0.25) is 14.9 Å². The van der Waals surface area contributed by atoms with Gasteiger partial charge in [0.2, 0.25) is 0 Å². The van der Waals surface area contributed by atoms with Crippen molar-refractivity contribution in [2.75, 3.05) is 0 Å². The number of non-ortho nitro benzene ring substituents is 1. The molecular formula is C13H13N3O3. The molecule has 6 nitrogen and oxygen atoms in total. The van der Waals surface area contributed by atoms with Crippen LogP contribution in [0.3, 0.4) is 0 Å². The van der Waals surface area contributed by atoms with Gasteiger partial charge in [0.25, 0.3) is 11.6 Å². The van der Waals surface area contributed by atoms with Crippen LogP contribution in [-0.4, -0.2) is 16.4 Å². The van der Waals surface area contributed by atoms with E-state index in [-0.39, 0.29) is 11.3 Å². The van der Waals surface area contributed by atoms with E-state index in [4.69, 9.17) is 0 Å². The van der Waals surface area contributed by atoms with Gasteiger partial charge in [-0.2, -0.15) is 5.26 Å². The van der Waals surface area contributed by atoms with Crippen LogP contribution in [-0.2, 0) is 0 Å². The maximum atomic E-state index is 12.1. The summed E-state index contributed by atoms with van der Waals surface area (Å²) in [5.41, 5.74) is -0.748. The van der Waals surface area contributed by atoms with E-state index < -0.39 is 16.4 Å². The lowest BCUT2D eigenvalue weighted by molar-refractivity contribution is -0.384. The number of nitrogens with zero attached hydrogens (tertiary/aromatic N) is 2. The van der Waals surface area contributed by atoms with Crippen molar-refractivity contribution >= 4 is 11.6 Å². The summed E-state index contributed by atoms with van der Waals surface area (Å²) in [5, 5.41) is 22.5. The molecule has 98 valence electrons. The summed E-state index contributed by atoms with van der Waals surface area (Å²) < 4.78 is 0. The van der Waals surface area contributed by atoms with E-state index in [2.05, 4.69) is 11.4 Å². The predicted octanol–water partition coefficient (Wildman–Crippen LogP) is 2.16. The summed E-state index contributed by atoms with van der Waals surface area (Å²) >= 11 is 0. The number of nitriles is 1. The van der Waals surface area contributed by atoms with Gasteiger partial charge in [0.15, 0.2) is 0 Å². The molecule has 0 bridgehead atoms. The van der Waals surface area contributed by atoms with Gasteiger partial charge >= 0.3 is 0 Å². The molecule has 1 aliphatic rings. The van der Waals surface area contributed by atoms with Crippen LogP contribution in [0.1, 0.15) is 36.0 Å². The van der Waals surface area contributed by atoms with E-state index >= 15 is 0 Å². The van der Waals surface area contributed by atoms with E-state index in [9.17, 15) is 20.2 Å². The Bertz CT molecular complexity index is 556. The molecule has 1 N–H and O–H groups in total. The first-order valence-corrected chi connectivity index (χ1v) is 6.04. The van der Waals surface area contributed by atoms with Gasteiger partial charge in [-0.1, -0.05) is 6.07 Å². The molecule has 1 amide bonds. The average molecular weight is 259 g/mol. The number of benzene rings is 1. The highest BCUT2D eigenvalue weighted by molar-refractivity contribution is 5.95. The number of carbonyl (C=O) groups excluding carboxylic acids is 1. The molecule has 19 heavy (non-hydrogen) atoms. The van der Waals surface area contributed by atoms with Crippen LogP contribution in [0.5, 0.6) is 0 Å². The second-order valence-corrected chi connectivity index (χ2v) is 4.66. The zero-order valence-electron chi connectivity index (χ0n) is 10.3. The maximum absolute atomic E-state index is 12.1. The maximum Gasteiger partial charge on any atom is 0.270 e. The molecule has 6 heteroatoms. The Morgan fingerprint density at radius 3 is 2.68 bits per heavy atom. The highest BCUT2D eigenvalue weighted by Gasteiger charge is 2.35. The molecule has 1 aromatic carbocycles. The molecule has 0 spiro atoms. The summed E-state index contributed by atoms with van der Waals surface area (Å²) in [5.74, 6) is -0.438. The SMILES string of the molecule is N#CC1(NC(=O)c2cccc([N+](=O)[O-])c2)CCCC1. The smallest absolute Gasteiger partial charge is 0.270 e. The molecule has 0 aromatic heterocycles. The summed E-state index contributed by atoms with van der Waals surface area (Å²) in [6.45, 7) is 0. The standard InChI is InChI=1S/C13H13N3O3/c14-9-13(6-1-2-7-13)15-12(17)10-4-3-5-11(8-10)16(18)19/h3-5,8H,1-2,6-7H2,(H,15,17). The van der Waals surface area contributed by atoms with E-state index in [1.54, 1.807) is 0 Å².